The Morgan fingerprint density at radius 3 is 2.63 bits per heavy atom. The van der Waals surface area contributed by atoms with E-state index in [9.17, 15) is 4.39 Å². The summed E-state index contributed by atoms with van der Waals surface area (Å²) in [5.74, 6) is 0. The number of rotatable bonds is 4. The molecule has 1 aromatic rings. The Morgan fingerprint density at radius 1 is 1.37 bits per heavy atom. The Labute approximate surface area is 125 Å². The van der Waals surface area contributed by atoms with Crippen molar-refractivity contribution in [3.05, 3.63) is 34.3 Å². The van der Waals surface area contributed by atoms with Gasteiger partial charge >= 0.3 is 0 Å². The number of piperazine rings is 1. The quantitative estimate of drug-likeness (QED) is 0.917. The summed E-state index contributed by atoms with van der Waals surface area (Å²) < 4.78 is 12.8. The van der Waals surface area contributed by atoms with E-state index in [1.54, 1.807) is 0 Å². The molecule has 1 heterocycles. The predicted molar refractivity (Wildman–Crippen MR) is 81.2 cm³/mol. The molecule has 0 radical (unpaired) electrons. The molecule has 1 fully saturated rings. The van der Waals surface area contributed by atoms with Crippen molar-refractivity contribution in [3.8, 4) is 0 Å². The van der Waals surface area contributed by atoms with Crippen LogP contribution in [0.2, 0.25) is 5.02 Å². The lowest BCUT2D eigenvalue weighted by Gasteiger charge is -2.35. The van der Waals surface area contributed by atoms with Gasteiger partial charge in [-0.25, -0.2) is 0 Å². The fraction of sp³-hybridized carbons (Fsp3) is 0.571. The summed E-state index contributed by atoms with van der Waals surface area (Å²) in [6.07, 6.45) is 0.541. The normalized spacial score (nSPS) is 17.8. The molecule has 0 bridgehead atoms. The summed E-state index contributed by atoms with van der Waals surface area (Å²) in [5.41, 5.74) is 2.20. The third-order valence-electron chi connectivity index (χ3n) is 3.56. The first-order chi connectivity index (χ1) is 8.72. The molecule has 2 nitrogen and oxygen atoms in total. The van der Waals surface area contributed by atoms with Gasteiger partial charge in [0, 0.05) is 37.2 Å². The van der Waals surface area contributed by atoms with E-state index in [0.29, 0.717) is 6.42 Å². The van der Waals surface area contributed by atoms with Crippen molar-refractivity contribution >= 4 is 24.0 Å². The van der Waals surface area contributed by atoms with Crippen LogP contribution in [0.25, 0.3) is 0 Å². The third-order valence-corrected chi connectivity index (χ3v) is 3.96. The number of benzene rings is 1. The minimum Gasteiger partial charge on any atom is -0.314 e. The van der Waals surface area contributed by atoms with Crippen LogP contribution in [0.1, 0.15) is 23.6 Å². The van der Waals surface area contributed by atoms with Gasteiger partial charge in [-0.1, -0.05) is 23.7 Å². The number of aryl methyl sites for hydroxylation is 1. The molecule has 1 aliphatic rings. The molecule has 0 unspecified atom stereocenters. The van der Waals surface area contributed by atoms with Crippen LogP contribution in [-0.2, 0) is 0 Å². The molecule has 0 amide bonds. The number of hydrogen-bond donors (Lipinski definition) is 1. The van der Waals surface area contributed by atoms with Gasteiger partial charge in [-0.2, -0.15) is 0 Å². The van der Waals surface area contributed by atoms with Gasteiger partial charge in [0.2, 0.25) is 0 Å². The highest BCUT2D eigenvalue weighted by molar-refractivity contribution is 6.31. The fourth-order valence-corrected chi connectivity index (χ4v) is 2.66. The van der Waals surface area contributed by atoms with E-state index in [1.807, 2.05) is 19.1 Å². The topological polar surface area (TPSA) is 15.3 Å². The molecule has 1 atom stereocenters. The molecule has 1 aromatic carbocycles. The van der Waals surface area contributed by atoms with Crippen LogP contribution < -0.4 is 5.32 Å². The van der Waals surface area contributed by atoms with E-state index in [1.165, 1.54) is 0 Å². The minimum absolute atomic E-state index is 0. The van der Waals surface area contributed by atoms with E-state index < -0.39 is 0 Å². The lowest BCUT2D eigenvalue weighted by Crippen LogP contribution is -2.45. The maximum Gasteiger partial charge on any atom is 0.0912 e. The smallest absolute Gasteiger partial charge is 0.0912 e. The highest BCUT2D eigenvalue weighted by Gasteiger charge is 2.22. The van der Waals surface area contributed by atoms with Crippen LogP contribution in [0.4, 0.5) is 4.39 Å². The van der Waals surface area contributed by atoms with Crippen LogP contribution >= 0.6 is 24.0 Å². The molecule has 1 aliphatic heterocycles. The number of nitrogens with one attached hydrogen (secondary N) is 1. The second kappa shape index (κ2) is 8.05. The molecule has 0 aromatic heterocycles. The Bertz CT molecular complexity index is 395. The highest BCUT2D eigenvalue weighted by Crippen LogP contribution is 2.28. The Balaban J connectivity index is 0.00000180. The second-order valence-electron chi connectivity index (χ2n) is 4.79. The van der Waals surface area contributed by atoms with Gasteiger partial charge in [0.1, 0.15) is 0 Å². The predicted octanol–water partition coefficient (Wildman–Crippen LogP) is 3.38. The first-order valence-corrected chi connectivity index (χ1v) is 6.87. The molecule has 0 aliphatic carbocycles. The first-order valence-electron chi connectivity index (χ1n) is 6.49. The van der Waals surface area contributed by atoms with Gasteiger partial charge in [0.25, 0.3) is 0 Å². The van der Waals surface area contributed by atoms with Gasteiger partial charge in [-0.15, -0.1) is 12.4 Å². The van der Waals surface area contributed by atoms with Crippen LogP contribution in [0.3, 0.4) is 0 Å². The van der Waals surface area contributed by atoms with E-state index in [0.717, 1.165) is 42.3 Å². The Kier molecular flexibility index (Phi) is 7.08. The molecule has 5 heteroatoms. The van der Waals surface area contributed by atoms with Crippen LogP contribution in [0.15, 0.2) is 18.2 Å². The molecular weight excluding hydrogens is 286 g/mol. The van der Waals surface area contributed by atoms with Crippen molar-refractivity contribution in [1.82, 2.24) is 10.2 Å². The lowest BCUT2D eigenvalue weighted by atomic mass is 10.0. The summed E-state index contributed by atoms with van der Waals surface area (Å²) >= 11 is 6.17. The number of nitrogens with zero attached hydrogens (tertiary/aromatic N) is 1. The molecule has 108 valence electrons. The zero-order chi connectivity index (χ0) is 13.0. The SMILES string of the molecule is Cc1ccc([C@H](CCF)N2CCNCC2)cc1Cl.Cl. The average Bonchev–Trinajstić information content (AvgIpc) is 2.40. The van der Waals surface area contributed by atoms with Gasteiger partial charge in [0.15, 0.2) is 0 Å². The summed E-state index contributed by atoms with van der Waals surface area (Å²) in [6, 6.07) is 6.23. The van der Waals surface area contributed by atoms with E-state index in [2.05, 4.69) is 16.3 Å². The Hall–Kier alpha value is -0.350. The van der Waals surface area contributed by atoms with E-state index in [-0.39, 0.29) is 25.1 Å². The first kappa shape index (κ1) is 16.7. The Morgan fingerprint density at radius 2 is 2.05 bits per heavy atom. The van der Waals surface area contributed by atoms with E-state index >= 15 is 0 Å². The van der Waals surface area contributed by atoms with E-state index in [4.69, 9.17) is 11.6 Å². The molecular formula is C14H21Cl2FN2. The number of hydrogen-bond acceptors (Lipinski definition) is 2. The summed E-state index contributed by atoms with van der Waals surface area (Å²) in [5, 5.41) is 4.09. The van der Waals surface area contributed by atoms with Crippen LogP contribution in [-0.4, -0.2) is 37.8 Å². The molecule has 1 N–H and O–H groups in total. The van der Waals surface area contributed by atoms with Crippen molar-refractivity contribution in [2.75, 3.05) is 32.9 Å². The van der Waals surface area contributed by atoms with Crippen LogP contribution in [0, 0.1) is 6.92 Å². The zero-order valence-electron chi connectivity index (χ0n) is 11.2. The molecule has 19 heavy (non-hydrogen) atoms. The molecule has 0 spiro atoms. The van der Waals surface area contributed by atoms with Gasteiger partial charge < -0.3 is 5.32 Å². The van der Waals surface area contributed by atoms with Crippen molar-refractivity contribution < 1.29 is 4.39 Å². The monoisotopic (exact) mass is 306 g/mol. The van der Waals surface area contributed by atoms with Crippen LogP contribution in [0.5, 0.6) is 0 Å². The van der Waals surface area contributed by atoms with Crippen molar-refractivity contribution in [1.29, 1.82) is 0 Å². The third kappa shape index (κ3) is 4.32. The van der Waals surface area contributed by atoms with Crippen molar-refractivity contribution in [3.63, 3.8) is 0 Å². The second-order valence-corrected chi connectivity index (χ2v) is 5.20. The standard InChI is InChI=1S/C14H20ClFN2.ClH/c1-11-2-3-12(10-13(11)15)14(4-5-16)18-8-6-17-7-9-18;/h2-3,10,14,17H,4-9H2,1H3;1H/t14-;/m0./s1. The summed E-state index contributed by atoms with van der Waals surface area (Å²) in [6.45, 7) is 5.58. The number of alkyl halides is 1. The van der Waals surface area contributed by atoms with Gasteiger partial charge in [-0.05, 0) is 30.5 Å². The minimum atomic E-state index is -0.292. The average molecular weight is 307 g/mol. The lowest BCUT2D eigenvalue weighted by molar-refractivity contribution is 0.157. The highest BCUT2D eigenvalue weighted by atomic mass is 35.5. The van der Waals surface area contributed by atoms with Gasteiger partial charge in [-0.3, -0.25) is 9.29 Å². The maximum atomic E-state index is 12.8. The summed E-state index contributed by atoms with van der Waals surface area (Å²) in [7, 11) is 0. The summed E-state index contributed by atoms with van der Waals surface area (Å²) in [4.78, 5) is 2.34. The van der Waals surface area contributed by atoms with Crippen molar-refractivity contribution in [2.45, 2.75) is 19.4 Å². The molecule has 2 rings (SSSR count). The molecule has 0 saturated carbocycles. The maximum absolute atomic E-state index is 12.8. The van der Waals surface area contributed by atoms with Crippen molar-refractivity contribution in [2.24, 2.45) is 0 Å². The van der Waals surface area contributed by atoms with Gasteiger partial charge in [0.05, 0.1) is 6.67 Å². The fourth-order valence-electron chi connectivity index (χ4n) is 2.47. The largest absolute Gasteiger partial charge is 0.314 e. The molecule has 1 saturated heterocycles. The number of halogens is 3. The zero-order valence-corrected chi connectivity index (χ0v) is 12.7.